The fraction of sp³-hybridized carbons (Fsp3) is 0.588. The van der Waals surface area contributed by atoms with Gasteiger partial charge in [0.1, 0.15) is 5.75 Å². The first-order valence-electron chi connectivity index (χ1n) is 7.60. The molecule has 0 aromatic heterocycles. The van der Waals surface area contributed by atoms with E-state index < -0.39 is 6.10 Å². The molecule has 23 heavy (non-hydrogen) atoms. The number of aromatic hydroxyl groups is 1. The van der Waals surface area contributed by atoms with Gasteiger partial charge in [0.25, 0.3) is 0 Å². The van der Waals surface area contributed by atoms with Crippen molar-refractivity contribution < 1.29 is 15.0 Å². The van der Waals surface area contributed by atoms with Gasteiger partial charge in [-0.3, -0.25) is 0 Å². The van der Waals surface area contributed by atoms with Crippen LogP contribution in [0, 0.1) is 5.41 Å². The molecule has 2 amide bonds. The summed E-state index contributed by atoms with van der Waals surface area (Å²) in [6.07, 6.45) is -0.0856. The molecule has 0 bridgehead atoms. The number of amides is 2. The number of phenolic OH excluding ortho intramolecular Hbond substituents is 1. The maximum atomic E-state index is 12.2. The molecule has 0 saturated heterocycles. The molecule has 0 fully saturated rings. The van der Waals surface area contributed by atoms with Crippen molar-refractivity contribution in [1.82, 2.24) is 5.32 Å². The van der Waals surface area contributed by atoms with E-state index in [-0.39, 0.29) is 33.3 Å². The average Bonchev–Trinajstić information content (AvgIpc) is 2.28. The number of hydrogen-bond acceptors (Lipinski definition) is 3. The van der Waals surface area contributed by atoms with Crippen LogP contribution in [0.4, 0.5) is 10.5 Å². The minimum Gasteiger partial charge on any atom is -0.506 e. The highest BCUT2D eigenvalue weighted by Gasteiger charge is 2.27. The van der Waals surface area contributed by atoms with Crippen LogP contribution in [0.3, 0.4) is 0 Å². The number of urea groups is 1. The number of nitrogens with one attached hydrogen (secondary N) is 2. The summed E-state index contributed by atoms with van der Waals surface area (Å²) >= 11 is 5.93. The molecule has 4 N–H and O–H groups in total. The number of phenols is 1. The Bertz CT molecular complexity index is 578. The zero-order chi connectivity index (χ0) is 18.0. The lowest BCUT2D eigenvalue weighted by molar-refractivity contribution is 0.195. The molecule has 0 radical (unpaired) electrons. The average molecular weight is 343 g/mol. The van der Waals surface area contributed by atoms with Crippen LogP contribution in [0.25, 0.3) is 0 Å². The SMILES string of the molecule is CC(O)c1cc(NC(=O)NC(C)(C)CC(C)(C)C)cc(Cl)c1O. The van der Waals surface area contributed by atoms with Crippen molar-refractivity contribution in [2.45, 2.75) is 59.6 Å². The maximum absolute atomic E-state index is 12.2. The molecule has 0 spiro atoms. The minimum absolute atomic E-state index is 0.0765. The van der Waals surface area contributed by atoms with Crippen LogP contribution >= 0.6 is 11.6 Å². The van der Waals surface area contributed by atoms with Gasteiger partial charge in [0.05, 0.1) is 11.1 Å². The Morgan fingerprint density at radius 2 is 1.83 bits per heavy atom. The third-order valence-corrected chi connectivity index (χ3v) is 3.51. The molecule has 6 heteroatoms. The van der Waals surface area contributed by atoms with Crippen molar-refractivity contribution in [1.29, 1.82) is 0 Å². The summed E-state index contributed by atoms with van der Waals surface area (Å²) in [5, 5.41) is 25.2. The molecule has 1 aromatic rings. The number of halogens is 1. The van der Waals surface area contributed by atoms with E-state index in [0.29, 0.717) is 5.69 Å². The summed E-state index contributed by atoms with van der Waals surface area (Å²) in [7, 11) is 0. The summed E-state index contributed by atoms with van der Waals surface area (Å²) < 4.78 is 0. The largest absolute Gasteiger partial charge is 0.506 e. The van der Waals surface area contributed by atoms with Gasteiger partial charge in [-0.15, -0.1) is 0 Å². The quantitative estimate of drug-likeness (QED) is 0.611. The fourth-order valence-corrected chi connectivity index (χ4v) is 3.08. The number of benzene rings is 1. The Hall–Kier alpha value is -1.46. The summed E-state index contributed by atoms with van der Waals surface area (Å²) in [5.74, 6) is -0.180. The molecule has 0 aliphatic rings. The minimum atomic E-state index is -0.894. The second kappa shape index (κ2) is 6.97. The summed E-state index contributed by atoms with van der Waals surface area (Å²) in [4.78, 5) is 12.2. The predicted molar refractivity (Wildman–Crippen MR) is 94.1 cm³/mol. The van der Waals surface area contributed by atoms with E-state index in [1.165, 1.54) is 19.1 Å². The molecule has 1 aromatic carbocycles. The highest BCUT2D eigenvalue weighted by molar-refractivity contribution is 6.32. The molecule has 0 aliphatic heterocycles. The zero-order valence-corrected chi connectivity index (χ0v) is 15.4. The molecular weight excluding hydrogens is 316 g/mol. The molecule has 5 nitrogen and oxygen atoms in total. The van der Waals surface area contributed by atoms with E-state index in [1.807, 2.05) is 13.8 Å². The molecule has 1 atom stereocenters. The van der Waals surface area contributed by atoms with Gasteiger partial charge in [0.2, 0.25) is 0 Å². The van der Waals surface area contributed by atoms with Crippen LogP contribution in [0.1, 0.15) is 59.6 Å². The van der Waals surface area contributed by atoms with Crippen molar-refractivity contribution in [3.63, 3.8) is 0 Å². The van der Waals surface area contributed by atoms with Crippen molar-refractivity contribution in [3.05, 3.63) is 22.7 Å². The van der Waals surface area contributed by atoms with E-state index in [4.69, 9.17) is 11.6 Å². The molecule has 1 rings (SSSR count). The number of aliphatic hydroxyl groups excluding tert-OH is 1. The highest BCUT2D eigenvalue weighted by Crippen LogP contribution is 2.35. The Kier molecular flexibility index (Phi) is 5.94. The van der Waals surface area contributed by atoms with Crippen LogP contribution in [-0.2, 0) is 0 Å². The van der Waals surface area contributed by atoms with Crippen LogP contribution in [0.2, 0.25) is 5.02 Å². The Balaban J connectivity index is 2.86. The van der Waals surface area contributed by atoms with E-state index in [2.05, 4.69) is 31.4 Å². The smallest absolute Gasteiger partial charge is 0.319 e. The second-order valence-electron chi connectivity index (χ2n) is 7.77. The Morgan fingerprint density at radius 3 is 2.30 bits per heavy atom. The third kappa shape index (κ3) is 6.28. The first-order valence-corrected chi connectivity index (χ1v) is 7.98. The van der Waals surface area contributed by atoms with Crippen molar-refractivity contribution in [2.75, 3.05) is 5.32 Å². The van der Waals surface area contributed by atoms with E-state index >= 15 is 0 Å². The van der Waals surface area contributed by atoms with Crippen LogP contribution < -0.4 is 10.6 Å². The summed E-state index contributed by atoms with van der Waals surface area (Å²) in [5.41, 5.74) is 0.378. The first-order chi connectivity index (χ1) is 10.3. The first kappa shape index (κ1) is 19.6. The lowest BCUT2D eigenvalue weighted by Crippen LogP contribution is -2.47. The number of carbonyl (C=O) groups is 1. The standard InChI is InChI=1S/C17H27ClN2O3/c1-10(21)12-7-11(8-13(18)14(12)22)19-15(23)20-17(5,6)9-16(2,3)4/h7-8,10,21-22H,9H2,1-6H3,(H2,19,20,23). The third-order valence-electron chi connectivity index (χ3n) is 3.23. The maximum Gasteiger partial charge on any atom is 0.319 e. The topological polar surface area (TPSA) is 81.6 Å². The van der Waals surface area contributed by atoms with Crippen molar-refractivity contribution in [3.8, 4) is 5.75 Å². The highest BCUT2D eigenvalue weighted by atomic mass is 35.5. The predicted octanol–water partition coefficient (Wildman–Crippen LogP) is 4.44. The van der Waals surface area contributed by atoms with Crippen molar-refractivity contribution in [2.24, 2.45) is 5.41 Å². The van der Waals surface area contributed by atoms with E-state index in [1.54, 1.807) is 0 Å². The van der Waals surface area contributed by atoms with E-state index in [9.17, 15) is 15.0 Å². The van der Waals surface area contributed by atoms with Gasteiger partial charge < -0.3 is 20.8 Å². The number of carbonyl (C=O) groups excluding carboxylic acids is 1. The number of hydrogen-bond donors (Lipinski definition) is 4. The van der Waals surface area contributed by atoms with Gasteiger partial charge in [0.15, 0.2) is 0 Å². The molecule has 0 saturated carbocycles. The van der Waals surface area contributed by atoms with Crippen LogP contribution in [0.15, 0.2) is 12.1 Å². The Labute approximate surface area is 143 Å². The van der Waals surface area contributed by atoms with Gasteiger partial charge in [0, 0.05) is 16.8 Å². The van der Waals surface area contributed by atoms with Gasteiger partial charge >= 0.3 is 6.03 Å². The molecule has 0 heterocycles. The summed E-state index contributed by atoms with van der Waals surface area (Å²) in [6.45, 7) is 11.8. The molecule has 1 unspecified atom stereocenters. The lowest BCUT2D eigenvalue weighted by Gasteiger charge is -2.33. The van der Waals surface area contributed by atoms with E-state index in [0.717, 1.165) is 6.42 Å². The molecule has 130 valence electrons. The second-order valence-corrected chi connectivity index (χ2v) is 8.18. The normalized spacial score (nSPS) is 13.6. The fourth-order valence-electron chi connectivity index (χ4n) is 2.85. The van der Waals surface area contributed by atoms with Crippen LogP contribution in [0.5, 0.6) is 5.75 Å². The zero-order valence-electron chi connectivity index (χ0n) is 14.6. The van der Waals surface area contributed by atoms with Crippen molar-refractivity contribution >= 4 is 23.3 Å². The van der Waals surface area contributed by atoms with Crippen LogP contribution in [-0.4, -0.2) is 21.8 Å². The monoisotopic (exact) mass is 342 g/mol. The number of anilines is 1. The summed E-state index contributed by atoms with van der Waals surface area (Å²) in [6, 6.07) is 2.58. The Morgan fingerprint density at radius 1 is 1.26 bits per heavy atom. The van der Waals surface area contributed by atoms with Gasteiger partial charge in [-0.2, -0.15) is 0 Å². The van der Waals surface area contributed by atoms with Gasteiger partial charge in [-0.25, -0.2) is 4.79 Å². The number of aliphatic hydroxyl groups is 1. The number of rotatable bonds is 4. The van der Waals surface area contributed by atoms with Gasteiger partial charge in [-0.05, 0) is 44.7 Å². The lowest BCUT2D eigenvalue weighted by atomic mass is 9.82. The molecule has 0 aliphatic carbocycles. The molecular formula is C17H27ClN2O3. The van der Waals surface area contributed by atoms with Gasteiger partial charge in [-0.1, -0.05) is 32.4 Å².